The second-order valence-corrected chi connectivity index (χ2v) is 5.40. The van der Waals surface area contributed by atoms with Crippen LogP contribution in [0.4, 0.5) is 4.39 Å². The van der Waals surface area contributed by atoms with Crippen LogP contribution >= 0.6 is 0 Å². The van der Waals surface area contributed by atoms with Crippen LogP contribution in [0.1, 0.15) is 21.9 Å². The average molecular weight is 356 g/mol. The van der Waals surface area contributed by atoms with E-state index in [4.69, 9.17) is 13.9 Å². The number of hydrogen-bond donors (Lipinski definition) is 1. The lowest BCUT2D eigenvalue weighted by Crippen LogP contribution is -2.23. The fourth-order valence-corrected chi connectivity index (χ4v) is 2.22. The maximum absolute atomic E-state index is 13.1. The normalized spacial score (nSPS) is 10.4. The van der Waals surface area contributed by atoms with E-state index in [1.807, 2.05) is 0 Å². The number of halogens is 1. The topological polar surface area (TPSA) is 73.6 Å². The van der Waals surface area contributed by atoms with Crippen molar-refractivity contribution >= 4 is 5.91 Å². The Morgan fingerprint density at radius 2 is 1.96 bits per heavy atom. The summed E-state index contributed by atoms with van der Waals surface area (Å²) in [6.07, 6.45) is 1.26. The number of nitrogens with one attached hydrogen (secondary N) is 1. The Morgan fingerprint density at radius 1 is 1.19 bits per heavy atom. The van der Waals surface area contributed by atoms with E-state index < -0.39 is 5.91 Å². The summed E-state index contributed by atoms with van der Waals surface area (Å²) < 4.78 is 29.0. The molecule has 0 unspecified atom stereocenters. The summed E-state index contributed by atoms with van der Waals surface area (Å²) in [5, 5.41) is 2.66. The molecule has 1 heterocycles. The maximum Gasteiger partial charge on any atom is 0.273 e. The van der Waals surface area contributed by atoms with Crippen LogP contribution in [0.15, 0.2) is 59.2 Å². The van der Waals surface area contributed by atoms with Gasteiger partial charge in [0.25, 0.3) is 5.91 Å². The Bertz CT molecular complexity index is 877. The number of nitrogens with zero attached hydrogens (tertiary/aromatic N) is 1. The van der Waals surface area contributed by atoms with E-state index in [2.05, 4.69) is 10.3 Å². The quantitative estimate of drug-likeness (QED) is 0.703. The van der Waals surface area contributed by atoms with Crippen LogP contribution < -0.4 is 14.8 Å². The molecule has 1 N–H and O–H groups in total. The van der Waals surface area contributed by atoms with Crippen LogP contribution in [-0.4, -0.2) is 18.0 Å². The van der Waals surface area contributed by atoms with Crippen LogP contribution in [0.5, 0.6) is 11.5 Å². The minimum absolute atomic E-state index is 0.0868. The van der Waals surface area contributed by atoms with Crippen LogP contribution in [-0.2, 0) is 13.2 Å². The summed E-state index contributed by atoms with van der Waals surface area (Å²) in [4.78, 5) is 16.2. The van der Waals surface area contributed by atoms with Gasteiger partial charge < -0.3 is 19.2 Å². The monoisotopic (exact) mass is 356 g/mol. The van der Waals surface area contributed by atoms with Gasteiger partial charge in [-0.1, -0.05) is 12.1 Å². The first-order valence-corrected chi connectivity index (χ1v) is 7.88. The van der Waals surface area contributed by atoms with Crippen LogP contribution in [0.25, 0.3) is 0 Å². The average Bonchev–Trinajstić information content (AvgIpc) is 3.14. The van der Waals surface area contributed by atoms with Gasteiger partial charge in [-0.2, -0.15) is 0 Å². The van der Waals surface area contributed by atoms with Crippen molar-refractivity contribution < 1.29 is 23.1 Å². The molecular formula is C19H17FN2O4. The Balaban J connectivity index is 1.52. The van der Waals surface area contributed by atoms with E-state index in [1.165, 1.54) is 18.4 Å². The molecule has 0 fully saturated rings. The Kier molecular flexibility index (Phi) is 5.48. The first-order valence-electron chi connectivity index (χ1n) is 7.88. The second kappa shape index (κ2) is 8.15. The van der Waals surface area contributed by atoms with E-state index in [1.54, 1.807) is 43.5 Å². The van der Waals surface area contributed by atoms with Crippen LogP contribution in [0.2, 0.25) is 0 Å². The Hall–Kier alpha value is -3.35. The third kappa shape index (κ3) is 4.60. The number of carbonyl (C=O) groups is 1. The molecule has 3 rings (SSSR count). The van der Waals surface area contributed by atoms with Gasteiger partial charge in [-0.15, -0.1) is 0 Å². The SMILES string of the molecule is COc1ccc(OCc2nc(C(=O)NCc3cccc(F)c3)co2)cc1. The Morgan fingerprint density at radius 3 is 2.69 bits per heavy atom. The summed E-state index contributed by atoms with van der Waals surface area (Å²) in [7, 11) is 1.59. The first-order chi connectivity index (χ1) is 12.6. The fourth-order valence-electron chi connectivity index (χ4n) is 2.22. The number of oxazole rings is 1. The summed E-state index contributed by atoms with van der Waals surface area (Å²) in [5.74, 6) is 0.869. The molecule has 26 heavy (non-hydrogen) atoms. The van der Waals surface area contributed by atoms with Crippen molar-refractivity contribution in [2.75, 3.05) is 7.11 Å². The lowest BCUT2D eigenvalue weighted by molar-refractivity contribution is 0.0945. The number of methoxy groups -OCH3 is 1. The highest BCUT2D eigenvalue weighted by molar-refractivity contribution is 5.91. The van der Waals surface area contributed by atoms with Gasteiger partial charge in [0.05, 0.1) is 7.11 Å². The van der Waals surface area contributed by atoms with Gasteiger partial charge in [-0.25, -0.2) is 9.37 Å². The number of rotatable bonds is 7. The molecule has 0 bridgehead atoms. The fraction of sp³-hybridized carbons (Fsp3) is 0.158. The molecular weight excluding hydrogens is 339 g/mol. The zero-order valence-electron chi connectivity index (χ0n) is 14.1. The predicted molar refractivity (Wildman–Crippen MR) is 91.4 cm³/mol. The molecule has 1 aromatic heterocycles. The second-order valence-electron chi connectivity index (χ2n) is 5.40. The highest BCUT2D eigenvalue weighted by Gasteiger charge is 2.12. The Labute approximate surface area is 149 Å². The van der Waals surface area contributed by atoms with Gasteiger partial charge in [-0.3, -0.25) is 4.79 Å². The van der Waals surface area contributed by atoms with E-state index in [-0.39, 0.29) is 30.6 Å². The van der Waals surface area contributed by atoms with Gasteiger partial charge >= 0.3 is 0 Å². The number of aromatic nitrogens is 1. The van der Waals surface area contributed by atoms with Crippen molar-refractivity contribution in [1.82, 2.24) is 10.3 Å². The van der Waals surface area contributed by atoms with Crippen molar-refractivity contribution in [3.63, 3.8) is 0 Å². The van der Waals surface area contributed by atoms with E-state index in [9.17, 15) is 9.18 Å². The van der Waals surface area contributed by atoms with Gasteiger partial charge in [-0.05, 0) is 42.0 Å². The minimum Gasteiger partial charge on any atom is -0.497 e. The number of ether oxygens (including phenoxy) is 2. The highest BCUT2D eigenvalue weighted by Crippen LogP contribution is 2.18. The third-order valence-corrected chi connectivity index (χ3v) is 3.55. The zero-order chi connectivity index (χ0) is 18.4. The molecule has 0 aliphatic carbocycles. The van der Waals surface area contributed by atoms with Crippen molar-refractivity contribution in [3.05, 3.63) is 77.8 Å². The van der Waals surface area contributed by atoms with Gasteiger partial charge in [0, 0.05) is 6.54 Å². The molecule has 3 aromatic rings. The predicted octanol–water partition coefficient (Wildman–Crippen LogP) is 3.33. The maximum atomic E-state index is 13.1. The number of carbonyl (C=O) groups excluding carboxylic acids is 1. The van der Waals surface area contributed by atoms with E-state index in [0.717, 1.165) is 5.75 Å². The van der Waals surface area contributed by atoms with Gasteiger partial charge in [0.2, 0.25) is 5.89 Å². The molecule has 0 aliphatic heterocycles. The van der Waals surface area contributed by atoms with E-state index in [0.29, 0.717) is 11.3 Å². The highest BCUT2D eigenvalue weighted by atomic mass is 19.1. The lowest BCUT2D eigenvalue weighted by Gasteiger charge is -2.04. The largest absolute Gasteiger partial charge is 0.497 e. The number of hydrogen-bond acceptors (Lipinski definition) is 5. The molecule has 0 radical (unpaired) electrons. The molecule has 7 heteroatoms. The summed E-state index contributed by atoms with van der Waals surface area (Å²) in [6, 6.07) is 13.1. The smallest absolute Gasteiger partial charge is 0.273 e. The molecule has 134 valence electrons. The first kappa shape index (κ1) is 17.5. The van der Waals surface area contributed by atoms with E-state index >= 15 is 0 Å². The molecule has 0 aliphatic rings. The number of benzene rings is 2. The molecule has 0 saturated carbocycles. The molecule has 6 nitrogen and oxygen atoms in total. The molecule has 0 atom stereocenters. The van der Waals surface area contributed by atoms with Gasteiger partial charge in [0.15, 0.2) is 12.3 Å². The molecule has 1 amide bonds. The third-order valence-electron chi connectivity index (χ3n) is 3.55. The minimum atomic E-state index is -0.409. The van der Waals surface area contributed by atoms with Crippen molar-refractivity contribution in [3.8, 4) is 11.5 Å². The number of amides is 1. The summed E-state index contributed by atoms with van der Waals surface area (Å²) in [6.45, 7) is 0.282. The molecule has 0 spiro atoms. The standard InChI is InChI=1S/C19H17FN2O4/c1-24-15-5-7-16(8-6-15)25-12-18-22-17(11-26-18)19(23)21-10-13-3-2-4-14(20)9-13/h2-9,11H,10,12H2,1H3,(H,21,23). The van der Waals surface area contributed by atoms with Crippen LogP contribution in [0, 0.1) is 5.82 Å². The molecule has 0 saturated heterocycles. The summed E-state index contributed by atoms with van der Waals surface area (Å²) in [5.41, 5.74) is 0.791. The van der Waals surface area contributed by atoms with Crippen molar-refractivity contribution in [1.29, 1.82) is 0 Å². The van der Waals surface area contributed by atoms with Crippen LogP contribution in [0.3, 0.4) is 0 Å². The lowest BCUT2D eigenvalue weighted by atomic mass is 10.2. The zero-order valence-corrected chi connectivity index (χ0v) is 14.1. The molecule has 2 aromatic carbocycles. The van der Waals surface area contributed by atoms with Gasteiger partial charge in [0.1, 0.15) is 23.6 Å². The summed E-state index contributed by atoms with van der Waals surface area (Å²) >= 11 is 0. The van der Waals surface area contributed by atoms with Crippen molar-refractivity contribution in [2.24, 2.45) is 0 Å². The van der Waals surface area contributed by atoms with Crippen molar-refractivity contribution in [2.45, 2.75) is 13.2 Å².